The molecule has 0 aliphatic carbocycles. The van der Waals surface area contributed by atoms with Crippen molar-refractivity contribution < 1.29 is 9.21 Å². The summed E-state index contributed by atoms with van der Waals surface area (Å²) in [5.74, 6) is 0.0480. The van der Waals surface area contributed by atoms with E-state index in [1.54, 1.807) is 6.26 Å². The monoisotopic (exact) mass is 244 g/mol. The second-order valence-corrected chi connectivity index (χ2v) is 4.78. The summed E-state index contributed by atoms with van der Waals surface area (Å²) in [4.78, 5) is 14.3. The normalized spacial score (nSPS) is 17.3. The molecule has 1 aliphatic rings. The third-order valence-electron chi connectivity index (χ3n) is 3.54. The van der Waals surface area contributed by atoms with E-state index in [9.17, 15) is 4.79 Å². The van der Waals surface area contributed by atoms with Gasteiger partial charge in [0.2, 0.25) is 0 Å². The number of piperidine rings is 1. The van der Waals surface area contributed by atoms with Gasteiger partial charge in [0, 0.05) is 24.5 Å². The molecule has 2 heterocycles. The van der Waals surface area contributed by atoms with E-state index in [0.717, 1.165) is 36.9 Å². The highest BCUT2D eigenvalue weighted by Gasteiger charge is 2.24. The summed E-state index contributed by atoms with van der Waals surface area (Å²) in [6.45, 7) is 1.47. The highest BCUT2D eigenvalue weighted by atomic mass is 16.3. The van der Waals surface area contributed by atoms with Crippen molar-refractivity contribution >= 4 is 16.9 Å². The maximum absolute atomic E-state index is 12.4. The summed E-state index contributed by atoms with van der Waals surface area (Å²) >= 11 is 0. The lowest BCUT2D eigenvalue weighted by Crippen LogP contribution is -2.42. The minimum absolute atomic E-state index is 0.0480. The van der Waals surface area contributed by atoms with Crippen molar-refractivity contribution in [2.45, 2.75) is 18.9 Å². The predicted molar refractivity (Wildman–Crippen MR) is 69.3 cm³/mol. The fourth-order valence-electron chi connectivity index (χ4n) is 2.42. The van der Waals surface area contributed by atoms with Crippen LogP contribution in [0.25, 0.3) is 11.0 Å². The van der Waals surface area contributed by atoms with Crippen LogP contribution in [0.5, 0.6) is 0 Å². The van der Waals surface area contributed by atoms with E-state index >= 15 is 0 Å². The number of rotatable bonds is 1. The second-order valence-electron chi connectivity index (χ2n) is 4.78. The molecule has 1 aromatic carbocycles. The second kappa shape index (κ2) is 4.46. The Hall–Kier alpha value is -1.81. The molecule has 94 valence electrons. The first-order valence-corrected chi connectivity index (χ1v) is 6.27. The third kappa shape index (κ3) is 1.88. The lowest BCUT2D eigenvalue weighted by molar-refractivity contribution is 0.0716. The van der Waals surface area contributed by atoms with E-state index < -0.39 is 0 Å². The predicted octanol–water partition coefficient (Wildman–Crippen LogP) is 2.00. The molecule has 0 spiro atoms. The number of benzene rings is 1. The van der Waals surface area contributed by atoms with E-state index in [1.807, 2.05) is 29.2 Å². The summed E-state index contributed by atoms with van der Waals surface area (Å²) in [5.41, 5.74) is 7.26. The van der Waals surface area contributed by atoms with E-state index in [2.05, 4.69) is 0 Å². The molecular formula is C14H16N2O2. The van der Waals surface area contributed by atoms with Gasteiger partial charge in [-0.05, 0) is 18.9 Å². The topological polar surface area (TPSA) is 59.5 Å². The Bertz CT molecular complexity index is 568. The Morgan fingerprint density at radius 3 is 2.78 bits per heavy atom. The summed E-state index contributed by atoms with van der Waals surface area (Å²) < 4.78 is 5.41. The minimum atomic E-state index is 0.0480. The van der Waals surface area contributed by atoms with Crippen LogP contribution in [0.3, 0.4) is 0 Å². The molecule has 0 unspecified atom stereocenters. The molecule has 1 aromatic heterocycles. The van der Waals surface area contributed by atoms with Crippen LogP contribution in [0.4, 0.5) is 0 Å². The molecule has 4 heteroatoms. The van der Waals surface area contributed by atoms with Crippen LogP contribution in [0, 0.1) is 0 Å². The SMILES string of the molecule is NC1CCN(C(=O)c2coc3ccccc23)CC1. The molecule has 0 saturated carbocycles. The molecule has 0 radical (unpaired) electrons. The highest BCUT2D eigenvalue weighted by Crippen LogP contribution is 2.23. The van der Waals surface area contributed by atoms with Gasteiger partial charge < -0.3 is 15.1 Å². The van der Waals surface area contributed by atoms with Crippen LogP contribution >= 0.6 is 0 Å². The maximum atomic E-state index is 12.4. The van der Waals surface area contributed by atoms with Crippen molar-refractivity contribution in [2.75, 3.05) is 13.1 Å². The van der Waals surface area contributed by atoms with Gasteiger partial charge in [0.15, 0.2) is 0 Å². The van der Waals surface area contributed by atoms with Gasteiger partial charge in [-0.15, -0.1) is 0 Å². The zero-order valence-electron chi connectivity index (χ0n) is 10.1. The van der Waals surface area contributed by atoms with Gasteiger partial charge in [-0.1, -0.05) is 18.2 Å². The van der Waals surface area contributed by atoms with Crippen LogP contribution < -0.4 is 5.73 Å². The molecule has 2 N–H and O–H groups in total. The largest absolute Gasteiger partial charge is 0.463 e. The highest BCUT2D eigenvalue weighted by molar-refractivity contribution is 6.05. The lowest BCUT2D eigenvalue weighted by atomic mass is 10.0. The first-order chi connectivity index (χ1) is 8.75. The molecule has 0 bridgehead atoms. The molecule has 2 aromatic rings. The number of carbonyl (C=O) groups excluding carboxylic acids is 1. The Labute approximate surface area is 105 Å². The number of nitrogens with zero attached hydrogens (tertiary/aromatic N) is 1. The summed E-state index contributed by atoms with van der Waals surface area (Å²) in [5, 5.41) is 0.886. The zero-order chi connectivity index (χ0) is 12.5. The Balaban J connectivity index is 1.88. The van der Waals surface area contributed by atoms with Gasteiger partial charge in [-0.25, -0.2) is 0 Å². The van der Waals surface area contributed by atoms with Gasteiger partial charge >= 0.3 is 0 Å². The quantitative estimate of drug-likeness (QED) is 0.834. The molecule has 4 nitrogen and oxygen atoms in total. The number of likely N-dealkylation sites (tertiary alicyclic amines) is 1. The summed E-state index contributed by atoms with van der Waals surface area (Å²) in [6, 6.07) is 7.84. The number of carbonyl (C=O) groups is 1. The number of amides is 1. The average molecular weight is 244 g/mol. The van der Waals surface area contributed by atoms with Gasteiger partial charge in [-0.2, -0.15) is 0 Å². The first kappa shape index (κ1) is 11.3. The van der Waals surface area contributed by atoms with Gasteiger partial charge in [0.1, 0.15) is 11.8 Å². The summed E-state index contributed by atoms with van der Waals surface area (Å²) in [6.07, 6.45) is 3.31. The number of hydrogen-bond donors (Lipinski definition) is 1. The van der Waals surface area contributed by atoms with Crippen LogP contribution in [-0.2, 0) is 0 Å². The van der Waals surface area contributed by atoms with Crippen molar-refractivity contribution in [1.29, 1.82) is 0 Å². The first-order valence-electron chi connectivity index (χ1n) is 6.27. The standard InChI is InChI=1S/C14H16N2O2/c15-10-5-7-16(8-6-10)14(17)12-9-18-13-4-2-1-3-11(12)13/h1-4,9-10H,5-8,15H2. The zero-order valence-corrected chi connectivity index (χ0v) is 10.1. The minimum Gasteiger partial charge on any atom is -0.463 e. The van der Waals surface area contributed by atoms with Crippen molar-refractivity contribution in [3.05, 3.63) is 36.1 Å². The van der Waals surface area contributed by atoms with Crippen LogP contribution in [0.15, 0.2) is 34.9 Å². The molecule has 1 aliphatic heterocycles. The fourth-order valence-corrected chi connectivity index (χ4v) is 2.42. The number of nitrogens with two attached hydrogens (primary N) is 1. The maximum Gasteiger partial charge on any atom is 0.257 e. The number of para-hydroxylation sites is 1. The average Bonchev–Trinajstić information content (AvgIpc) is 2.82. The van der Waals surface area contributed by atoms with Crippen molar-refractivity contribution in [2.24, 2.45) is 5.73 Å². The molecule has 18 heavy (non-hydrogen) atoms. The molecular weight excluding hydrogens is 228 g/mol. The molecule has 1 fully saturated rings. The molecule has 1 saturated heterocycles. The van der Waals surface area contributed by atoms with Gasteiger partial charge in [0.25, 0.3) is 5.91 Å². The van der Waals surface area contributed by atoms with Crippen LogP contribution in [0.2, 0.25) is 0 Å². The Kier molecular flexibility index (Phi) is 2.80. The number of hydrogen-bond acceptors (Lipinski definition) is 3. The van der Waals surface area contributed by atoms with Crippen molar-refractivity contribution in [3.8, 4) is 0 Å². The number of fused-ring (bicyclic) bond motifs is 1. The van der Waals surface area contributed by atoms with E-state index in [-0.39, 0.29) is 11.9 Å². The van der Waals surface area contributed by atoms with Crippen LogP contribution in [0.1, 0.15) is 23.2 Å². The molecule has 3 rings (SSSR count). The van der Waals surface area contributed by atoms with E-state index in [4.69, 9.17) is 10.2 Å². The number of furan rings is 1. The Morgan fingerprint density at radius 1 is 1.28 bits per heavy atom. The van der Waals surface area contributed by atoms with Crippen LogP contribution in [-0.4, -0.2) is 29.9 Å². The molecule has 1 amide bonds. The smallest absolute Gasteiger partial charge is 0.257 e. The van der Waals surface area contributed by atoms with E-state index in [0.29, 0.717) is 5.56 Å². The molecule has 0 atom stereocenters. The van der Waals surface area contributed by atoms with E-state index in [1.165, 1.54) is 0 Å². The Morgan fingerprint density at radius 2 is 2.00 bits per heavy atom. The van der Waals surface area contributed by atoms with Gasteiger partial charge in [0.05, 0.1) is 5.56 Å². The van der Waals surface area contributed by atoms with Crippen molar-refractivity contribution in [1.82, 2.24) is 4.90 Å². The third-order valence-corrected chi connectivity index (χ3v) is 3.54. The fraction of sp³-hybridized carbons (Fsp3) is 0.357. The summed E-state index contributed by atoms with van der Waals surface area (Å²) in [7, 11) is 0. The lowest BCUT2D eigenvalue weighted by Gasteiger charge is -2.29. The van der Waals surface area contributed by atoms with Gasteiger partial charge in [-0.3, -0.25) is 4.79 Å². The van der Waals surface area contributed by atoms with Crippen molar-refractivity contribution in [3.63, 3.8) is 0 Å².